The van der Waals surface area contributed by atoms with Crippen molar-refractivity contribution in [3.05, 3.63) is 62.6 Å². The first-order valence-electron chi connectivity index (χ1n) is 5.91. The Morgan fingerprint density at radius 1 is 1.30 bits per heavy atom. The molecule has 20 heavy (non-hydrogen) atoms. The van der Waals surface area contributed by atoms with Gasteiger partial charge in [0.05, 0.1) is 18.1 Å². The molecule has 0 radical (unpaired) electrons. The highest BCUT2D eigenvalue weighted by molar-refractivity contribution is 9.10. The first-order chi connectivity index (χ1) is 9.60. The highest BCUT2D eigenvalue weighted by atomic mass is 79.9. The lowest BCUT2D eigenvalue weighted by molar-refractivity contribution is -0.384. The molecule has 0 aliphatic heterocycles. The van der Waals surface area contributed by atoms with Gasteiger partial charge in [0, 0.05) is 28.8 Å². The van der Waals surface area contributed by atoms with E-state index >= 15 is 0 Å². The van der Waals surface area contributed by atoms with Crippen molar-refractivity contribution in [3.8, 4) is 5.75 Å². The van der Waals surface area contributed by atoms with Crippen LogP contribution in [0.15, 0.2) is 46.9 Å². The Labute approximate surface area is 124 Å². The summed E-state index contributed by atoms with van der Waals surface area (Å²) in [6.45, 7) is 0.561. The molecule has 2 aromatic carbocycles. The van der Waals surface area contributed by atoms with Crippen molar-refractivity contribution in [2.75, 3.05) is 12.4 Å². The molecule has 0 fully saturated rings. The van der Waals surface area contributed by atoms with Gasteiger partial charge in [-0.25, -0.2) is 0 Å². The Hall–Kier alpha value is -2.08. The molecule has 2 aromatic rings. The maximum absolute atomic E-state index is 10.9. The monoisotopic (exact) mass is 336 g/mol. The van der Waals surface area contributed by atoms with E-state index in [-0.39, 0.29) is 5.69 Å². The van der Waals surface area contributed by atoms with Gasteiger partial charge in [0.2, 0.25) is 0 Å². The Balaban J connectivity index is 2.19. The molecule has 0 saturated carbocycles. The first kappa shape index (κ1) is 14.3. The number of rotatable bonds is 5. The molecular formula is C14H13BrN2O3. The Morgan fingerprint density at radius 3 is 2.70 bits per heavy atom. The SMILES string of the molecule is COc1cc(NCc2ccccc2Br)cc([N+](=O)[O-])c1. The summed E-state index contributed by atoms with van der Waals surface area (Å²) in [6, 6.07) is 12.4. The van der Waals surface area contributed by atoms with Crippen LogP contribution in [-0.2, 0) is 6.54 Å². The number of nitro groups is 1. The highest BCUT2D eigenvalue weighted by Crippen LogP contribution is 2.26. The number of halogens is 1. The number of nitrogens with one attached hydrogen (secondary N) is 1. The minimum absolute atomic E-state index is 0.000947. The summed E-state index contributed by atoms with van der Waals surface area (Å²) in [7, 11) is 1.48. The van der Waals surface area contributed by atoms with Crippen molar-refractivity contribution in [3.63, 3.8) is 0 Å². The summed E-state index contributed by atoms with van der Waals surface area (Å²) in [4.78, 5) is 10.4. The van der Waals surface area contributed by atoms with Crippen LogP contribution in [0.5, 0.6) is 5.75 Å². The fourth-order valence-corrected chi connectivity index (χ4v) is 2.17. The Morgan fingerprint density at radius 2 is 2.05 bits per heavy atom. The maximum atomic E-state index is 10.9. The molecule has 2 rings (SSSR count). The summed E-state index contributed by atoms with van der Waals surface area (Å²) in [5, 5.41) is 14.0. The molecular weight excluding hydrogens is 324 g/mol. The van der Waals surface area contributed by atoms with E-state index in [1.165, 1.54) is 19.2 Å². The Bertz CT molecular complexity index is 632. The average Bonchev–Trinajstić information content (AvgIpc) is 2.46. The molecule has 0 atom stereocenters. The molecule has 104 valence electrons. The van der Waals surface area contributed by atoms with Crippen molar-refractivity contribution >= 4 is 27.3 Å². The second-order valence-corrected chi connectivity index (χ2v) is 4.98. The lowest BCUT2D eigenvalue weighted by Crippen LogP contribution is -2.01. The second-order valence-electron chi connectivity index (χ2n) is 4.12. The zero-order chi connectivity index (χ0) is 14.5. The molecule has 0 aliphatic rings. The van der Waals surface area contributed by atoms with E-state index in [0.29, 0.717) is 18.0 Å². The standard InChI is InChI=1S/C14H13BrN2O3/c1-20-13-7-11(6-12(8-13)17(18)19)16-9-10-4-2-3-5-14(10)15/h2-8,16H,9H2,1H3. The predicted molar refractivity (Wildman–Crippen MR) is 81.1 cm³/mol. The van der Waals surface area contributed by atoms with Crippen molar-refractivity contribution < 1.29 is 9.66 Å². The van der Waals surface area contributed by atoms with Gasteiger partial charge in [0.25, 0.3) is 5.69 Å². The smallest absolute Gasteiger partial charge is 0.275 e. The predicted octanol–water partition coefficient (Wildman–Crippen LogP) is 3.98. The van der Waals surface area contributed by atoms with E-state index in [1.54, 1.807) is 6.07 Å². The van der Waals surface area contributed by atoms with Crippen molar-refractivity contribution in [1.82, 2.24) is 0 Å². The number of hydrogen-bond acceptors (Lipinski definition) is 4. The van der Waals surface area contributed by atoms with Gasteiger partial charge in [0.15, 0.2) is 0 Å². The minimum Gasteiger partial charge on any atom is -0.496 e. The van der Waals surface area contributed by atoms with Gasteiger partial charge in [-0.15, -0.1) is 0 Å². The van der Waals surface area contributed by atoms with Gasteiger partial charge in [-0.3, -0.25) is 10.1 Å². The van der Waals surface area contributed by atoms with Gasteiger partial charge < -0.3 is 10.1 Å². The molecule has 5 nitrogen and oxygen atoms in total. The van der Waals surface area contributed by atoms with E-state index in [1.807, 2.05) is 24.3 Å². The quantitative estimate of drug-likeness (QED) is 0.662. The van der Waals surface area contributed by atoms with Gasteiger partial charge in [-0.05, 0) is 11.6 Å². The number of anilines is 1. The molecule has 0 unspecified atom stereocenters. The number of nitro benzene ring substituents is 1. The molecule has 0 aliphatic carbocycles. The van der Waals surface area contributed by atoms with Crippen molar-refractivity contribution in [2.24, 2.45) is 0 Å². The van der Waals surface area contributed by atoms with Crippen LogP contribution < -0.4 is 10.1 Å². The van der Waals surface area contributed by atoms with Crippen LogP contribution in [0.4, 0.5) is 11.4 Å². The second kappa shape index (κ2) is 6.38. The van der Waals surface area contributed by atoms with Gasteiger partial charge in [-0.2, -0.15) is 0 Å². The minimum atomic E-state index is -0.438. The lowest BCUT2D eigenvalue weighted by Gasteiger charge is -2.09. The van der Waals surface area contributed by atoms with Gasteiger partial charge in [0.1, 0.15) is 5.75 Å². The number of methoxy groups -OCH3 is 1. The average molecular weight is 337 g/mol. The number of non-ortho nitro benzene ring substituents is 1. The molecule has 0 heterocycles. The van der Waals surface area contributed by atoms with Crippen molar-refractivity contribution in [2.45, 2.75) is 6.54 Å². The van der Waals surface area contributed by atoms with Gasteiger partial charge in [-0.1, -0.05) is 34.1 Å². The molecule has 6 heteroatoms. The maximum Gasteiger partial charge on any atom is 0.275 e. The first-order valence-corrected chi connectivity index (χ1v) is 6.70. The summed E-state index contributed by atoms with van der Waals surface area (Å²) in [6.07, 6.45) is 0. The largest absolute Gasteiger partial charge is 0.496 e. The number of ether oxygens (including phenoxy) is 1. The number of benzene rings is 2. The highest BCUT2D eigenvalue weighted by Gasteiger charge is 2.10. The summed E-state index contributed by atoms with van der Waals surface area (Å²) in [5.74, 6) is 0.453. The van der Waals surface area contributed by atoms with Gasteiger partial charge >= 0.3 is 0 Å². The third kappa shape index (κ3) is 3.48. The Kier molecular flexibility index (Phi) is 4.57. The normalized spacial score (nSPS) is 10.1. The summed E-state index contributed by atoms with van der Waals surface area (Å²) in [5.41, 5.74) is 1.71. The van der Waals surface area contributed by atoms with Crippen LogP contribution in [0, 0.1) is 10.1 Å². The van der Waals surface area contributed by atoms with Crippen molar-refractivity contribution in [1.29, 1.82) is 0 Å². The number of hydrogen-bond donors (Lipinski definition) is 1. The fourth-order valence-electron chi connectivity index (χ4n) is 1.75. The van der Waals surface area contributed by atoms with Crippen LogP contribution in [0.1, 0.15) is 5.56 Å². The third-order valence-electron chi connectivity index (χ3n) is 2.78. The lowest BCUT2D eigenvalue weighted by atomic mass is 10.2. The van der Waals surface area contributed by atoms with E-state index in [4.69, 9.17) is 4.74 Å². The number of nitrogens with zero attached hydrogens (tertiary/aromatic N) is 1. The van der Waals surface area contributed by atoms with Crippen LogP contribution in [0.2, 0.25) is 0 Å². The van der Waals surface area contributed by atoms with E-state index in [0.717, 1.165) is 10.0 Å². The molecule has 0 bridgehead atoms. The summed E-state index contributed by atoms with van der Waals surface area (Å²) >= 11 is 3.46. The molecule has 0 saturated heterocycles. The zero-order valence-corrected chi connectivity index (χ0v) is 12.4. The molecule has 0 spiro atoms. The van der Waals surface area contributed by atoms with Crippen LogP contribution in [0.3, 0.4) is 0 Å². The van der Waals surface area contributed by atoms with E-state index in [9.17, 15) is 10.1 Å². The third-order valence-corrected chi connectivity index (χ3v) is 3.55. The van der Waals surface area contributed by atoms with Crippen LogP contribution in [0.25, 0.3) is 0 Å². The van der Waals surface area contributed by atoms with Crippen LogP contribution >= 0.6 is 15.9 Å². The topological polar surface area (TPSA) is 64.4 Å². The summed E-state index contributed by atoms with van der Waals surface area (Å²) < 4.78 is 6.06. The fraction of sp³-hybridized carbons (Fsp3) is 0.143. The van der Waals surface area contributed by atoms with Crippen LogP contribution in [-0.4, -0.2) is 12.0 Å². The zero-order valence-electron chi connectivity index (χ0n) is 10.8. The molecule has 0 amide bonds. The molecule has 1 N–H and O–H groups in total. The van der Waals surface area contributed by atoms with E-state index < -0.39 is 4.92 Å². The van der Waals surface area contributed by atoms with E-state index in [2.05, 4.69) is 21.2 Å². The molecule has 0 aromatic heterocycles.